The third-order valence-corrected chi connectivity index (χ3v) is 3.78. The summed E-state index contributed by atoms with van der Waals surface area (Å²) in [6, 6.07) is 9.57. The van der Waals surface area contributed by atoms with E-state index in [4.69, 9.17) is 4.74 Å². The Bertz CT molecular complexity index is 532. The van der Waals surface area contributed by atoms with Crippen molar-refractivity contribution in [3.63, 3.8) is 0 Å². The molecular formula is C21H33NO3. The first-order chi connectivity index (χ1) is 11.7. The van der Waals surface area contributed by atoms with E-state index < -0.39 is 11.6 Å². The van der Waals surface area contributed by atoms with Crippen molar-refractivity contribution < 1.29 is 14.3 Å². The fourth-order valence-corrected chi connectivity index (χ4v) is 2.46. The predicted octanol–water partition coefficient (Wildman–Crippen LogP) is 4.27. The zero-order valence-corrected chi connectivity index (χ0v) is 16.3. The van der Waals surface area contributed by atoms with Gasteiger partial charge in [0.1, 0.15) is 11.6 Å². The van der Waals surface area contributed by atoms with Crippen LogP contribution in [0.4, 0.5) is 0 Å². The van der Waals surface area contributed by atoms with E-state index in [9.17, 15) is 9.59 Å². The Kier molecular flexibility index (Phi) is 8.67. The molecule has 0 aromatic heterocycles. The second-order valence-electron chi connectivity index (χ2n) is 7.96. The van der Waals surface area contributed by atoms with E-state index in [0.29, 0.717) is 18.8 Å². The van der Waals surface area contributed by atoms with Crippen LogP contribution in [0, 0.1) is 5.92 Å². The van der Waals surface area contributed by atoms with Gasteiger partial charge in [0.2, 0.25) is 5.91 Å². The van der Waals surface area contributed by atoms with Crippen LogP contribution in [0.5, 0.6) is 0 Å². The normalized spacial score (nSPS) is 12.7. The van der Waals surface area contributed by atoms with Gasteiger partial charge < -0.3 is 10.1 Å². The van der Waals surface area contributed by atoms with Crippen molar-refractivity contribution in [1.82, 2.24) is 5.32 Å². The molecule has 0 radical (unpaired) electrons. The van der Waals surface area contributed by atoms with Gasteiger partial charge in [0.25, 0.3) is 0 Å². The van der Waals surface area contributed by atoms with Crippen LogP contribution in [0.2, 0.25) is 0 Å². The molecule has 0 unspecified atom stereocenters. The van der Waals surface area contributed by atoms with Crippen LogP contribution in [0.15, 0.2) is 30.3 Å². The molecule has 1 amide bonds. The van der Waals surface area contributed by atoms with Crippen molar-refractivity contribution in [2.24, 2.45) is 5.92 Å². The number of hydrogen-bond acceptors (Lipinski definition) is 3. The molecule has 0 aliphatic rings. The molecular weight excluding hydrogens is 314 g/mol. The summed E-state index contributed by atoms with van der Waals surface area (Å²) in [6.45, 7) is 9.68. The summed E-state index contributed by atoms with van der Waals surface area (Å²) in [5.74, 6) is 0.0338. The smallest absolute Gasteiger partial charge is 0.329 e. The quantitative estimate of drug-likeness (QED) is 0.679. The lowest BCUT2D eigenvalue weighted by Gasteiger charge is -2.24. The van der Waals surface area contributed by atoms with Crippen LogP contribution in [0.3, 0.4) is 0 Å². The Morgan fingerprint density at radius 3 is 2.28 bits per heavy atom. The number of esters is 1. The lowest BCUT2D eigenvalue weighted by Crippen LogP contribution is -2.44. The maximum absolute atomic E-state index is 12.4. The molecule has 4 heteroatoms. The molecule has 0 saturated carbocycles. The van der Waals surface area contributed by atoms with Crippen LogP contribution in [-0.2, 0) is 20.7 Å². The van der Waals surface area contributed by atoms with Gasteiger partial charge in [-0.2, -0.15) is 0 Å². The van der Waals surface area contributed by atoms with Crippen molar-refractivity contribution in [3.05, 3.63) is 35.9 Å². The van der Waals surface area contributed by atoms with E-state index >= 15 is 0 Å². The molecule has 1 atom stereocenters. The van der Waals surface area contributed by atoms with E-state index in [2.05, 4.69) is 31.3 Å². The number of aryl methyl sites for hydroxylation is 1. The van der Waals surface area contributed by atoms with Crippen LogP contribution in [0.1, 0.15) is 65.9 Å². The summed E-state index contributed by atoms with van der Waals surface area (Å²) in [6.07, 6.45) is 3.53. The average molecular weight is 347 g/mol. The van der Waals surface area contributed by atoms with Gasteiger partial charge in [-0.15, -0.1) is 0 Å². The van der Waals surface area contributed by atoms with Crippen LogP contribution >= 0.6 is 0 Å². The summed E-state index contributed by atoms with van der Waals surface area (Å²) < 4.78 is 5.48. The Balaban J connectivity index is 2.60. The number of amides is 1. The Labute approximate surface area is 152 Å². The Hall–Kier alpha value is -1.84. The average Bonchev–Trinajstić information content (AvgIpc) is 2.51. The molecule has 0 fully saturated rings. The van der Waals surface area contributed by atoms with E-state index in [1.165, 1.54) is 5.56 Å². The topological polar surface area (TPSA) is 55.4 Å². The van der Waals surface area contributed by atoms with Crippen molar-refractivity contribution in [3.8, 4) is 0 Å². The van der Waals surface area contributed by atoms with Gasteiger partial charge in [-0.1, -0.05) is 44.2 Å². The molecule has 0 spiro atoms. The summed E-state index contributed by atoms with van der Waals surface area (Å²) >= 11 is 0. The summed E-state index contributed by atoms with van der Waals surface area (Å²) in [4.78, 5) is 24.6. The zero-order valence-electron chi connectivity index (χ0n) is 16.3. The summed E-state index contributed by atoms with van der Waals surface area (Å²) in [5, 5.41) is 2.87. The fourth-order valence-electron chi connectivity index (χ4n) is 2.46. The standard InChI is InChI=1S/C21H33NO3/c1-16(2)14-15-19(23)22-18(20(24)25-21(3,4)5)13-9-12-17-10-7-6-8-11-17/h6-8,10-11,16,18H,9,12-15H2,1-5H3,(H,22,23)/t18-/m0/s1. The summed E-state index contributed by atoms with van der Waals surface area (Å²) in [5.41, 5.74) is 0.675. The third kappa shape index (κ3) is 9.90. The first-order valence-corrected chi connectivity index (χ1v) is 9.23. The van der Waals surface area contributed by atoms with Gasteiger partial charge in [-0.3, -0.25) is 4.79 Å². The fraction of sp³-hybridized carbons (Fsp3) is 0.619. The molecule has 1 rings (SSSR count). The van der Waals surface area contributed by atoms with E-state index in [0.717, 1.165) is 19.3 Å². The minimum absolute atomic E-state index is 0.0794. The number of carbonyl (C=O) groups is 2. The molecule has 0 saturated heterocycles. The second kappa shape index (κ2) is 10.2. The van der Waals surface area contributed by atoms with E-state index in [1.54, 1.807) is 0 Å². The van der Waals surface area contributed by atoms with Crippen molar-refractivity contribution in [1.29, 1.82) is 0 Å². The molecule has 25 heavy (non-hydrogen) atoms. The molecule has 0 aliphatic heterocycles. The van der Waals surface area contributed by atoms with E-state index in [-0.39, 0.29) is 11.9 Å². The number of nitrogens with one attached hydrogen (secondary N) is 1. The molecule has 0 heterocycles. The number of carbonyl (C=O) groups excluding carboxylic acids is 2. The molecule has 0 bridgehead atoms. The van der Waals surface area contributed by atoms with Gasteiger partial charge >= 0.3 is 5.97 Å². The minimum Gasteiger partial charge on any atom is -0.458 e. The highest BCUT2D eigenvalue weighted by molar-refractivity contribution is 5.84. The number of ether oxygens (including phenoxy) is 1. The van der Waals surface area contributed by atoms with Gasteiger partial charge in [0.15, 0.2) is 0 Å². The molecule has 0 aliphatic carbocycles. The highest BCUT2D eigenvalue weighted by Crippen LogP contribution is 2.13. The zero-order chi connectivity index (χ0) is 18.9. The molecule has 1 N–H and O–H groups in total. The highest BCUT2D eigenvalue weighted by atomic mass is 16.6. The van der Waals surface area contributed by atoms with Gasteiger partial charge in [-0.25, -0.2) is 4.79 Å². The minimum atomic E-state index is -0.581. The molecule has 1 aromatic carbocycles. The molecule has 4 nitrogen and oxygen atoms in total. The van der Waals surface area contributed by atoms with Crippen LogP contribution in [-0.4, -0.2) is 23.5 Å². The van der Waals surface area contributed by atoms with Crippen molar-refractivity contribution in [2.75, 3.05) is 0 Å². The predicted molar refractivity (Wildman–Crippen MR) is 101 cm³/mol. The first-order valence-electron chi connectivity index (χ1n) is 9.23. The maximum Gasteiger partial charge on any atom is 0.329 e. The lowest BCUT2D eigenvalue weighted by molar-refractivity contribution is -0.158. The SMILES string of the molecule is CC(C)CCC(=O)N[C@@H](CCCc1ccccc1)C(=O)OC(C)(C)C. The van der Waals surface area contributed by atoms with E-state index in [1.807, 2.05) is 39.0 Å². The van der Waals surface area contributed by atoms with Gasteiger partial charge in [0, 0.05) is 6.42 Å². The maximum atomic E-state index is 12.4. The van der Waals surface area contributed by atoms with Crippen molar-refractivity contribution >= 4 is 11.9 Å². The van der Waals surface area contributed by atoms with Crippen LogP contribution < -0.4 is 5.32 Å². The number of rotatable bonds is 9. The lowest BCUT2D eigenvalue weighted by atomic mass is 10.0. The largest absolute Gasteiger partial charge is 0.458 e. The Morgan fingerprint density at radius 2 is 1.72 bits per heavy atom. The third-order valence-electron chi connectivity index (χ3n) is 3.78. The first kappa shape index (κ1) is 21.2. The number of benzene rings is 1. The summed E-state index contributed by atoms with van der Waals surface area (Å²) in [7, 11) is 0. The second-order valence-corrected chi connectivity index (χ2v) is 7.96. The van der Waals surface area contributed by atoms with Crippen molar-refractivity contribution in [2.45, 2.75) is 78.4 Å². The molecule has 140 valence electrons. The van der Waals surface area contributed by atoms with Gasteiger partial charge in [-0.05, 0) is 57.9 Å². The Morgan fingerprint density at radius 1 is 1.08 bits per heavy atom. The van der Waals surface area contributed by atoms with Gasteiger partial charge in [0.05, 0.1) is 0 Å². The highest BCUT2D eigenvalue weighted by Gasteiger charge is 2.26. The number of hydrogen-bond donors (Lipinski definition) is 1. The van der Waals surface area contributed by atoms with Crippen LogP contribution in [0.25, 0.3) is 0 Å². The molecule has 1 aromatic rings. The monoisotopic (exact) mass is 347 g/mol.